The van der Waals surface area contributed by atoms with E-state index in [0.29, 0.717) is 30.1 Å². The van der Waals surface area contributed by atoms with Crippen molar-refractivity contribution in [3.05, 3.63) is 59.7 Å². The minimum atomic E-state index is -0.110. The number of carbonyl (C=O) groups excluding carboxylic acids is 2. The van der Waals surface area contributed by atoms with Crippen LogP contribution in [0.3, 0.4) is 0 Å². The second-order valence-electron chi connectivity index (χ2n) is 8.93. The Bertz CT molecular complexity index is 874. The Balaban J connectivity index is 1.72. The van der Waals surface area contributed by atoms with E-state index in [-0.39, 0.29) is 11.8 Å². The van der Waals surface area contributed by atoms with Gasteiger partial charge in [-0.15, -0.1) is 0 Å². The van der Waals surface area contributed by atoms with Crippen LogP contribution in [0.2, 0.25) is 0 Å². The van der Waals surface area contributed by atoms with E-state index in [1.807, 2.05) is 48.5 Å². The lowest BCUT2D eigenvalue weighted by atomic mass is 9.97. The molecule has 2 aromatic rings. The Hall–Kier alpha value is -2.82. The van der Waals surface area contributed by atoms with Crippen molar-refractivity contribution in [3.63, 3.8) is 0 Å². The van der Waals surface area contributed by atoms with E-state index in [1.165, 1.54) is 0 Å². The summed E-state index contributed by atoms with van der Waals surface area (Å²) in [5, 5.41) is 6.04. The van der Waals surface area contributed by atoms with Crippen molar-refractivity contribution in [1.82, 2.24) is 5.32 Å². The zero-order chi connectivity index (χ0) is 22.8. The highest BCUT2D eigenvalue weighted by molar-refractivity contribution is 6.02. The number of carbonyl (C=O) groups is 2. The van der Waals surface area contributed by atoms with Crippen LogP contribution in [0.4, 0.5) is 11.4 Å². The molecule has 0 aliphatic carbocycles. The molecule has 0 spiro atoms. The number of piperidine rings is 1. The van der Waals surface area contributed by atoms with Gasteiger partial charge >= 0.3 is 0 Å². The highest BCUT2D eigenvalue weighted by Crippen LogP contribution is 2.29. The van der Waals surface area contributed by atoms with Crippen molar-refractivity contribution < 1.29 is 9.59 Å². The molecule has 32 heavy (non-hydrogen) atoms. The summed E-state index contributed by atoms with van der Waals surface area (Å²) in [6.45, 7) is 6.82. The van der Waals surface area contributed by atoms with Gasteiger partial charge in [-0.2, -0.15) is 0 Å². The minimum absolute atomic E-state index is 0.0105. The largest absolute Gasteiger partial charge is 0.371 e. The third-order valence-electron chi connectivity index (χ3n) is 6.20. The predicted octanol–water partition coefficient (Wildman–Crippen LogP) is 5.76. The van der Waals surface area contributed by atoms with Crippen LogP contribution in [-0.2, 0) is 11.3 Å². The molecular formula is C27H37N3O2. The summed E-state index contributed by atoms with van der Waals surface area (Å²) in [7, 11) is 0. The summed E-state index contributed by atoms with van der Waals surface area (Å²) in [5.41, 5.74) is 3.32. The Kier molecular flexibility index (Phi) is 9.14. The Labute approximate surface area is 192 Å². The number of hydrogen-bond donors (Lipinski definition) is 2. The molecule has 1 aliphatic heterocycles. The van der Waals surface area contributed by atoms with Gasteiger partial charge in [-0.25, -0.2) is 0 Å². The molecule has 1 saturated heterocycles. The summed E-state index contributed by atoms with van der Waals surface area (Å²) in [5.74, 6) is 0.616. The molecule has 0 radical (unpaired) electrons. The number of benzene rings is 2. The van der Waals surface area contributed by atoms with E-state index in [9.17, 15) is 9.59 Å². The second-order valence-corrected chi connectivity index (χ2v) is 8.93. The number of nitrogens with zero attached hydrogens (tertiary/aromatic N) is 1. The van der Waals surface area contributed by atoms with E-state index < -0.39 is 0 Å². The van der Waals surface area contributed by atoms with Gasteiger partial charge in [0, 0.05) is 37.4 Å². The molecule has 5 nitrogen and oxygen atoms in total. The quantitative estimate of drug-likeness (QED) is 0.466. The van der Waals surface area contributed by atoms with E-state index in [4.69, 9.17) is 0 Å². The van der Waals surface area contributed by atoms with Crippen LogP contribution in [-0.4, -0.2) is 24.9 Å². The number of nitrogens with one attached hydrogen (secondary N) is 2. The average Bonchev–Trinajstić information content (AvgIpc) is 2.81. The number of rotatable bonds is 10. The van der Waals surface area contributed by atoms with Gasteiger partial charge in [0.15, 0.2) is 0 Å². The lowest BCUT2D eigenvalue weighted by Crippen LogP contribution is -2.35. The molecule has 5 heteroatoms. The molecule has 0 bridgehead atoms. The molecule has 1 aliphatic rings. The first-order valence-corrected chi connectivity index (χ1v) is 12.1. The first-order chi connectivity index (χ1) is 15.6. The smallest absolute Gasteiger partial charge is 0.253 e. The molecule has 2 aromatic carbocycles. The van der Waals surface area contributed by atoms with Crippen molar-refractivity contribution >= 4 is 23.2 Å². The summed E-state index contributed by atoms with van der Waals surface area (Å²) in [4.78, 5) is 27.8. The molecule has 3 rings (SSSR count). The maximum atomic E-state index is 13.2. The molecule has 0 atom stereocenters. The molecule has 2 amide bonds. The molecule has 0 unspecified atom stereocenters. The molecule has 2 N–H and O–H groups in total. The van der Waals surface area contributed by atoms with Crippen LogP contribution in [0, 0.1) is 5.92 Å². The van der Waals surface area contributed by atoms with Gasteiger partial charge in [-0.1, -0.05) is 63.4 Å². The molecule has 1 heterocycles. The first kappa shape index (κ1) is 23.8. The van der Waals surface area contributed by atoms with Crippen molar-refractivity contribution in [2.45, 2.75) is 65.3 Å². The molecule has 172 valence electrons. The lowest BCUT2D eigenvalue weighted by Gasteiger charge is -2.33. The first-order valence-electron chi connectivity index (χ1n) is 12.1. The van der Waals surface area contributed by atoms with Crippen molar-refractivity contribution in [1.29, 1.82) is 0 Å². The summed E-state index contributed by atoms with van der Waals surface area (Å²) < 4.78 is 0. The van der Waals surface area contributed by atoms with Crippen LogP contribution in [0.25, 0.3) is 0 Å². The van der Waals surface area contributed by atoms with Crippen molar-refractivity contribution in [2.24, 2.45) is 5.92 Å². The molecule has 1 fully saturated rings. The summed E-state index contributed by atoms with van der Waals surface area (Å²) >= 11 is 0. The van der Waals surface area contributed by atoms with E-state index in [2.05, 4.69) is 29.4 Å². The van der Waals surface area contributed by atoms with Crippen LogP contribution >= 0.6 is 0 Å². The average molecular weight is 436 g/mol. The topological polar surface area (TPSA) is 61.4 Å². The van der Waals surface area contributed by atoms with Gasteiger partial charge in [0.05, 0.1) is 5.56 Å². The van der Waals surface area contributed by atoms with Crippen LogP contribution < -0.4 is 15.5 Å². The Morgan fingerprint density at radius 3 is 2.47 bits per heavy atom. The zero-order valence-electron chi connectivity index (χ0n) is 19.5. The molecule has 0 saturated carbocycles. The van der Waals surface area contributed by atoms with Gasteiger partial charge in [-0.3, -0.25) is 9.59 Å². The maximum absolute atomic E-state index is 13.2. The summed E-state index contributed by atoms with van der Waals surface area (Å²) in [6, 6.07) is 15.7. The van der Waals surface area contributed by atoms with E-state index in [1.54, 1.807) is 0 Å². The molecular weight excluding hydrogens is 398 g/mol. The number of anilines is 2. The highest BCUT2D eigenvalue weighted by Gasteiger charge is 2.22. The fourth-order valence-corrected chi connectivity index (χ4v) is 4.13. The van der Waals surface area contributed by atoms with Gasteiger partial charge in [0.25, 0.3) is 5.91 Å². The maximum Gasteiger partial charge on any atom is 0.253 e. The van der Waals surface area contributed by atoms with Crippen molar-refractivity contribution in [2.75, 3.05) is 23.3 Å². The summed E-state index contributed by atoms with van der Waals surface area (Å²) in [6.07, 6.45) is 7.05. The highest BCUT2D eigenvalue weighted by atomic mass is 16.2. The Morgan fingerprint density at radius 1 is 1.00 bits per heavy atom. The SMILES string of the molecule is CCCCCCC(=O)Nc1ccc(N2CCC(C)CC2)c(C(=O)NCc2ccccc2)c1. The van der Waals surface area contributed by atoms with E-state index >= 15 is 0 Å². The fourth-order valence-electron chi connectivity index (χ4n) is 4.13. The van der Waals surface area contributed by atoms with Gasteiger partial charge in [-0.05, 0) is 48.9 Å². The standard InChI is InChI=1S/C27H37N3O2/c1-3-4-5-9-12-26(31)29-23-13-14-25(30-17-15-21(2)16-18-30)24(19-23)27(32)28-20-22-10-7-6-8-11-22/h6-8,10-11,13-14,19,21H,3-5,9,12,15-18,20H2,1-2H3,(H,28,32)(H,29,31). The minimum Gasteiger partial charge on any atom is -0.371 e. The van der Waals surface area contributed by atoms with Crippen molar-refractivity contribution in [3.8, 4) is 0 Å². The van der Waals surface area contributed by atoms with Crippen LogP contribution in [0.5, 0.6) is 0 Å². The fraction of sp³-hybridized carbons (Fsp3) is 0.481. The van der Waals surface area contributed by atoms with Crippen LogP contribution in [0.15, 0.2) is 48.5 Å². The molecule has 0 aromatic heterocycles. The van der Waals surface area contributed by atoms with Gasteiger partial charge in [0.1, 0.15) is 0 Å². The van der Waals surface area contributed by atoms with Crippen LogP contribution in [0.1, 0.15) is 74.7 Å². The zero-order valence-corrected chi connectivity index (χ0v) is 19.5. The number of unbranched alkanes of at least 4 members (excludes halogenated alkanes) is 3. The predicted molar refractivity (Wildman–Crippen MR) is 132 cm³/mol. The third kappa shape index (κ3) is 7.11. The van der Waals surface area contributed by atoms with E-state index in [0.717, 1.165) is 62.9 Å². The number of amides is 2. The lowest BCUT2D eigenvalue weighted by molar-refractivity contribution is -0.116. The van der Waals surface area contributed by atoms with Gasteiger partial charge in [0.2, 0.25) is 5.91 Å². The second kappa shape index (κ2) is 12.3. The monoisotopic (exact) mass is 435 g/mol. The number of hydrogen-bond acceptors (Lipinski definition) is 3. The Morgan fingerprint density at radius 2 is 1.75 bits per heavy atom. The van der Waals surface area contributed by atoms with Gasteiger partial charge < -0.3 is 15.5 Å². The third-order valence-corrected chi connectivity index (χ3v) is 6.20. The normalized spacial score (nSPS) is 14.2.